The molecule has 1 rings (SSSR count). The van der Waals surface area contributed by atoms with Crippen LogP contribution in [0.1, 0.15) is 45.0 Å². The van der Waals surface area contributed by atoms with Crippen molar-refractivity contribution in [2.24, 2.45) is 5.92 Å². The van der Waals surface area contributed by atoms with E-state index in [-0.39, 0.29) is 11.9 Å². The molecule has 1 N–H and O–H groups in total. The van der Waals surface area contributed by atoms with Gasteiger partial charge in [0.1, 0.15) is 6.04 Å². The van der Waals surface area contributed by atoms with Crippen LogP contribution in [-0.2, 0) is 4.79 Å². The number of amides is 1. The van der Waals surface area contributed by atoms with Crippen molar-refractivity contribution >= 4 is 5.91 Å². The molecule has 84 valence electrons. The normalized spacial score (nSPS) is 12.9. The maximum absolute atomic E-state index is 11.0. The van der Waals surface area contributed by atoms with Gasteiger partial charge in [0.25, 0.3) is 0 Å². The smallest absolute Gasteiger partial charge is 0.238 e. The number of carbonyl (C=O) groups excluding carboxylic acids is 1. The molecule has 0 saturated heterocycles. The van der Waals surface area contributed by atoms with Gasteiger partial charge in [-0.05, 0) is 12.3 Å². The molecule has 1 unspecified atom stereocenters. The van der Waals surface area contributed by atoms with Crippen molar-refractivity contribution in [1.29, 1.82) is 0 Å². The van der Waals surface area contributed by atoms with Crippen LogP contribution in [0.4, 0.5) is 0 Å². The van der Waals surface area contributed by atoms with E-state index in [4.69, 9.17) is 4.42 Å². The van der Waals surface area contributed by atoms with Crippen LogP contribution in [0.3, 0.4) is 0 Å². The lowest BCUT2D eigenvalue weighted by atomic mass is 10.0. The highest BCUT2D eigenvalue weighted by Gasteiger charge is 2.19. The van der Waals surface area contributed by atoms with Crippen molar-refractivity contribution in [1.82, 2.24) is 15.5 Å². The Morgan fingerprint density at radius 1 is 1.47 bits per heavy atom. The molecule has 5 heteroatoms. The minimum absolute atomic E-state index is 0.0866. The molecule has 0 aromatic carbocycles. The number of carbonyl (C=O) groups is 1. The van der Waals surface area contributed by atoms with Crippen molar-refractivity contribution in [2.45, 2.75) is 40.2 Å². The summed E-state index contributed by atoms with van der Waals surface area (Å²) in [6.07, 6.45) is 0.793. The van der Waals surface area contributed by atoms with Crippen molar-refractivity contribution in [3.05, 3.63) is 11.8 Å². The van der Waals surface area contributed by atoms with Crippen LogP contribution in [0.5, 0.6) is 0 Å². The van der Waals surface area contributed by atoms with Crippen molar-refractivity contribution < 1.29 is 9.21 Å². The van der Waals surface area contributed by atoms with Gasteiger partial charge in [0, 0.05) is 13.8 Å². The number of hydrogen-bond acceptors (Lipinski definition) is 4. The lowest BCUT2D eigenvalue weighted by molar-refractivity contribution is -0.120. The zero-order valence-electron chi connectivity index (χ0n) is 9.57. The summed E-state index contributed by atoms with van der Waals surface area (Å²) in [4.78, 5) is 11.0. The van der Waals surface area contributed by atoms with Crippen LogP contribution >= 0.6 is 0 Å². The Balaban J connectivity index is 2.75. The molecule has 5 nitrogen and oxygen atoms in total. The zero-order chi connectivity index (χ0) is 11.4. The van der Waals surface area contributed by atoms with E-state index in [0.29, 0.717) is 17.7 Å². The van der Waals surface area contributed by atoms with E-state index in [1.54, 1.807) is 6.92 Å². The molecule has 1 amide bonds. The molecule has 1 heterocycles. The van der Waals surface area contributed by atoms with Gasteiger partial charge in [-0.15, -0.1) is 10.2 Å². The molecule has 1 atom stereocenters. The molecule has 0 aliphatic heterocycles. The molecule has 0 spiro atoms. The maximum Gasteiger partial charge on any atom is 0.238 e. The first kappa shape index (κ1) is 11.7. The van der Waals surface area contributed by atoms with Crippen molar-refractivity contribution in [3.63, 3.8) is 0 Å². The highest BCUT2D eigenvalue weighted by molar-refractivity contribution is 5.73. The van der Waals surface area contributed by atoms with E-state index in [2.05, 4.69) is 29.4 Å². The molecular weight excluding hydrogens is 194 g/mol. The molecule has 1 aromatic rings. The number of rotatable bonds is 4. The van der Waals surface area contributed by atoms with Crippen LogP contribution in [0.2, 0.25) is 0 Å². The molecule has 1 aromatic heterocycles. The Hall–Kier alpha value is -1.39. The van der Waals surface area contributed by atoms with E-state index in [0.717, 1.165) is 6.42 Å². The average molecular weight is 211 g/mol. The summed E-state index contributed by atoms with van der Waals surface area (Å²) in [6.45, 7) is 7.38. The largest absolute Gasteiger partial charge is 0.423 e. The average Bonchev–Trinajstić information content (AvgIpc) is 2.48. The fourth-order valence-electron chi connectivity index (χ4n) is 1.39. The summed E-state index contributed by atoms with van der Waals surface area (Å²) >= 11 is 0. The topological polar surface area (TPSA) is 68.0 Å². The van der Waals surface area contributed by atoms with Crippen molar-refractivity contribution in [3.8, 4) is 0 Å². The van der Waals surface area contributed by atoms with Crippen molar-refractivity contribution in [2.75, 3.05) is 0 Å². The SMILES string of the molecule is CC(=O)NC(CC(C)C)c1nnc(C)o1. The maximum atomic E-state index is 11.0. The van der Waals surface area contributed by atoms with Gasteiger partial charge in [0.15, 0.2) is 0 Å². The van der Waals surface area contributed by atoms with E-state index >= 15 is 0 Å². The Morgan fingerprint density at radius 2 is 2.13 bits per heavy atom. The van der Waals surface area contributed by atoms with Crippen LogP contribution in [-0.4, -0.2) is 16.1 Å². The number of nitrogens with one attached hydrogen (secondary N) is 1. The molecule has 0 aliphatic rings. The standard InChI is InChI=1S/C10H17N3O2/c1-6(2)5-9(11-7(3)14)10-13-12-8(4)15-10/h6,9H,5H2,1-4H3,(H,11,14). The first-order chi connectivity index (χ1) is 6.99. The summed E-state index contributed by atoms with van der Waals surface area (Å²) in [7, 11) is 0. The summed E-state index contributed by atoms with van der Waals surface area (Å²) in [5.41, 5.74) is 0. The van der Waals surface area contributed by atoms with E-state index < -0.39 is 0 Å². The number of nitrogens with zero attached hydrogens (tertiary/aromatic N) is 2. The summed E-state index contributed by atoms with van der Waals surface area (Å²) < 4.78 is 5.31. The summed E-state index contributed by atoms with van der Waals surface area (Å²) in [5, 5.41) is 10.5. The predicted octanol–water partition coefficient (Wildman–Crippen LogP) is 1.60. The molecule has 15 heavy (non-hydrogen) atoms. The number of aryl methyl sites for hydroxylation is 1. The van der Waals surface area contributed by atoms with E-state index in [1.807, 2.05) is 0 Å². The predicted molar refractivity (Wildman–Crippen MR) is 55.0 cm³/mol. The van der Waals surface area contributed by atoms with Crippen LogP contribution in [0.25, 0.3) is 0 Å². The van der Waals surface area contributed by atoms with Gasteiger partial charge < -0.3 is 9.73 Å². The molecule has 0 radical (unpaired) electrons. The van der Waals surface area contributed by atoms with Gasteiger partial charge in [-0.2, -0.15) is 0 Å². The third-order valence-electron chi connectivity index (χ3n) is 1.92. The first-order valence-corrected chi connectivity index (χ1v) is 5.06. The quantitative estimate of drug-likeness (QED) is 0.821. The van der Waals surface area contributed by atoms with E-state index in [9.17, 15) is 4.79 Å². The molecule has 0 aliphatic carbocycles. The minimum Gasteiger partial charge on any atom is -0.423 e. The lowest BCUT2D eigenvalue weighted by Crippen LogP contribution is -2.27. The van der Waals surface area contributed by atoms with Crippen LogP contribution in [0.15, 0.2) is 4.42 Å². The monoisotopic (exact) mass is 211 g/mol. The Morgan fingerprint density at radius 3 is 2.53 bits per heavy atom. The van der Waals surface area contributed by atoms with Gasteiger partial charge in [-0.1, -0.05) is 13.8 Å². The van der Waals surface area contributed by atoms with Gasteiger partial charge in [0.2, 0.25) is 17.7 Å². The highest BCUT2D eigenvalue weighted by atomic mass is 16.4. The zero-order valence-corrected chi connectivity index (χ0v) is 9.57. The number of hydrogen-bond donors (Lipinski definition) is 1. The summed E-state index contributed by atoms with van der Waals surface area (Å²) in [6, 6.07) is -0.177. The fourth-order valence-corrected chi connectivity index (χ4v) is 1.39. The summed E-state index contributed by atoms with van der Waals surface area (Å²) in [5.74, 6) is 1.37. The number of aromatic nitrogens is 2. The van der Waals surface area contributed by atoms with Gasteiger partial charge in [-0.25, -0.2) is 0 Å². The van der Waals surface area contributed by atoms with Crippen LogP contribution in [0, 0.1) is 12.8 Å². The Kier molecular flexibility index (Phi) is 3.82. The Bertz CT molecular complexity index is 333. The first-order valence-electron chi connectivity index (χ1n) is 5.06. The van der Waals surface area contributed by atoms with Gasteiger partial charge in [0.05, 0.1) is 0 Å². The Labute approximate surface area is 89.3 Å². The van der Waals surface area contributed by atoms with Gasteiger partial charge >= 0.3 is 0 Å². The highest BCUT2D eigenvalue weighted by Crippen LogP contribution is 2.19. The molecule has 0 fully saturated rings. The van der Waals surface area contributed by atoms with Gasteiger partial charge in [-0.3, -0.25) is 4.79 Å². The third-order valence-corrected chi connectivity index (χ3v) is 1.92. The second-order valence-electron chi connectivity index (χ2n) is 4.04. The van der Waals surface area contributed by atoms with E-state index in [1.165, 1.54) is 6.92 Å². The minimum atomic E-state index is -0.177. The fraction of sp³-hybridized carbons (Fsp3) is 0.700. The molecule has 0 bridgehead atoms. The lowest BCUT2D eigenvalue weighted by Gasteiger charge is -2.15. The van der Waals surface area contributed by atoms with Crippen LogP contribution < -0.4 is 5.32 Å². The second-order valence-corrected chi connectivity index (χ2v) is 4.04. The second kappa shape index (κ2) is 4.91. The molecular formula is C10H17N3O2. The third kappa shape index (κ3) is 3.69. The molecule has 0 saturated carbocycles.